The Hall–Kier alpha value is -2.00. The van der Waals surface area contributed by atoms with Crippen LogP contribution in [-0.2, 0) is 13.2 Å². The predicted octanol–water partition coefficient (Wildman–Crippen LogP) is 4.47. The molecule has 0 bridgehead atoms. The molecule has 0 radical (unpaired) electrons. The molecule has 0 aromatic heterocycles. The molecule has 0 aliphatic carbocycles. The van der Waals surface area contributed by atoms with Crippen molar-refractivity contribution in [3.8, 4) is 11.5 Å². The van der Waals surface area contributed by atoms with Crippen LogP contribution in [0.1, 0.15) is 37.0 Å². The zero-order valence-electron chi connectivity index (χ0n) is 14.6. The van der Waals surface area contributed by atoms with Gasteiger partial charge in [0.15, 0.2) is 11.5 Å². The standard InChI is InChI=1S/C20H27NO2/c1-5-16(3)21-13-17-11-8-12-19(22-4)20(17)23-14-18-10-7-6-9-15(18)2/h6-12,16,21H,5,13-14H2,1-4H3/t16-/m0/s1. The first-order chi connectivity index (χ1) is 11.2. The van der Waals surface area contributed by atoms with Crippen LogP contribution < -0.4 is 14.8 Å². The van der Waals surface area contributed by atoms with Gasteiger partial charge >= 0.3 is 0 Å². The maximum absolute atomic E-state index is 6.13. The van der Waals surface area contributed by atoms with E-state index in [-0.39, 0.29) is 0 Å². The summed E-state index contributed by atoms with van der Waals surface area (Å²) in [4.78, 5) is 0. The van der Waals surface area contributed by atoms with Crippen LogP contribution in [0.2, 0.25) is 0 Å². The molecule has 3 heteroatoms. The number of methoxy groups -OCH3 is 1. The second-order valence-electron chi connectivity index (χ2n) is 5.85. The molecule has 2 aromatic carbocycles. The third kappa shape index (κ3) is 4.73. The maximum atomic E-state index is 6.13. The Balaban J connectivity index is 2.16. The van der Waals surface area contributed by atoms with E-state index >= 15 is 0 Å². The highest BCUT2D eigenvalue weighted by atomic mass is 16.5. The van der Waals surface area contributed by atoms with Crippen LogP contribution in [0.3, 0.4) is 0 Å². The third-order valence-corrected chi connectivity index (χ3v) is 4.17. The van der Waals surface area contributed by atoms with Gasteiger partial charge in [-0.3, -0.25) is 0 Å². The van der Waals surface area contributed by atoms with Crippen LogP contribution in [-0.4, -0.2) is 13.2 Å². The summed E-state index contributed by atoms with van der Waals surface area (Å²) in [5, 5.41) is 3.51. The lowest BCUT2D eigenvalue weighted by atomic mass is 10.1. The first kappa shape index (κ1) is 17.4. The van der Waals surface area contributed by atoms with Crippen LogP contribution in [0.15, 0.2) is 42.5 Å². The number of benzene rings is 2. The Kier molecular flexibility index (Phi) is 6.48. The Morgan fingerprint density at radius 3 is 2.48 bits per heavy atom. The van der Waals surface area contributed by atoms with E-state index in [2.05, 4.69) is 44.3 Å². The molecule has 3 nitrogen and oxygen atoms in total. The first-order valence-corrected chi connectivity index (χ1v) is 8.22. The maximum Gasteiger partial charge on any atom is 0.166 e. The van der Waals surface area contributed by atoms with Crippen molar-refractivity contribution in [2.24, 2.45) is 0 Å². The van der Waals surface area contributed by atoms with E-state index in [4.69, 9.17) is 9.47 Å². The molecule has 1 N–H and O–H groups in total. The summed E-state index contributed by atoms with van der Waals surface area (Å²) >= 11 is 0. The van der Waals surface area contributed by atoms with Crippen molar-refractivity contribution in [3.63, 3.8) is 0 Å². The van der Waals surface area contributed by atoms with Crippen molar-refractivity contribution in [2.45, 2.75) is 46.4 Å². The fraction of sp³-hybridized carbons (Fsp3) is 0.400. The second-order valence-corrected chi connectivity index (χ2v) is 5.85. The predicted molar refractivity (Wildman–Crippen MR) is 95.1 cm³/mol. The number of nitrogens with one attached hydrogen (secondary N) is 1. The third-order valence-electron chi connectivity index (χ3n) is 4.17. The molecule has 23 heavy (non-hydrogen) atoms. The van der Waals surface area contributed by atoms with E-state index < -0.39 is 0 Å². The normalized spacial score (nSPS) is 12.0. The van der Waals surface area contributed by atoms with Crippen LogP contribution in [0.5, 0.6) is 11.5 Å². The minimum absolute atomic E-state index is 0.477. The Labute approximate surface area is 139 Å². The summed E-state index contributed by atoms with van der Waals surface area (Å²) in [6.45, 7) is 7.79. The summed E-state index contributed by atoms with van der Waals surface area (Å²) in [6, 6.07) is 14.8. The highest BCUT2D eigenvalue weighted by Crippen LogP contribution is 2.32. The monoisotopic (exact) mass is 313 g/mol. The summed E-state index contributed by atoms with van der Waals surface area (Å²) in [7, 11) is 1.68. The molecular weight excluding hydrogens is 286 g/mol. The number of rotatable bonds is 8. The molecule has 124 valence electrons. The van der Waals surface area contributed by atoms with Gasteiger partial charge in [0.25, 0.3) is 0 Å². The number of ether oxygens (including phenoxy) is 2. The van der Waals surface area contributed by atoms with Gasteiger partial charge in [-0.25, -0.2) is 0 Å². The number of para-hydroxylation sites is 1. The minimum Gasteiger partial charge on any atom is -0.493 e. The van der Waals surface area contributed by atoms with Crippen LogP contribution in [0.4, 0.5) is 0 Å². The van der Waals surface area contributed by atoms with Gasteiger partial charge in [0, 0.05) is 18.2 Å². The van der Waals surface area contributed by atoms with Gasteiger partial charge < -0.3 is 14.8 Å². The minimum atomic E-state index is 0.477. The average Bonchev–Trinajstić information content (AvgIpc) is 2.59. The van der Waals surface area contributed by atoms with Crippen molar-refractivity contribution in [1.82, 2.24) is 5.32 Å². The molecule has 0 aliphatic heterocycles. The zero-order valence-corrected chi connectivity index (χ0v) is 14.6. The van der Waals surface area contributed by atoms with Crippen molar-refractivity contribution in [3.05, 3.63) is 59.2 Å². The van der Waals surface area contributed by atoms with Crippen LogP contribution in [0, 0.1) is 6.92 Å². The Morgan fingerprint density at radius 2 is 1.78 bits per heavy atom. The molecule has 0 saturated carbocycles. The highest BCUT2D eigenvalue weighted by molar-refractivity contribution is 5.46. The van der Waals surface area contributed by atoms with E-state index in [0.29, 0.717) is 12.6 Å². The van der Waals surface area contributed by atoms with Crippen molar-refractivity contribution in [1.29, 1.82) is 0 Å². The Morgan fingerprint density at radius 1 is 1.04 bits per heavy atom. The smallest absolute Gasteiger partial charge is 0.166 e. The largest absolute Gasteiger partial charge is 0.493 e. The highest BCUT2D eigenvalue weighted by Gasteiger charge is 2.12. The lowest BCUT2D eigenvalue weighted by Gasteiger charge is -2.18. The summed E-state index contributed by atoms with van der Waals surface area (Å²) < 4.78 is 11.6. The molecule has 0 fully saturated rings. The average molecular weight is 313 g/mol. The topological polar surface area (TPSA) is 30.5 Å². The van der Waals surface area contributed by atoms with Crippen LogP contribution >= 0.6 is 0 Å². The Bertz CT molecular complexity index is 625. The van der Waals surface area contributed by atoms with E-state index in [0.717, 1.165) is 30.0 Å². The summed E-state index contributed by atoms with van der Waals surface area (Å²) in [6.07, 6.45) is 1.10. The van der Waals surface area contributed by atoms with E-state index in [1.165, 1.54) is 11.1 Å². The van der Waals surface area contributed by atoms with Gasteiger partial charge in [0.1, 0.15) is 6.61 Å². The molecule has 1 atom stereocenters. The SMILES string of the molecule is CC[C@H](C)NCc1cccc(OC)c1OCc1ccccc1C. The fourth-order valence-corrected chi connectivity index (χ4v) is 2.38. The van der Waals surface area contributed by atoms with Crippen molar-refractivity contribution >= 4 is 0 Å². The molecule has 2 rings (SSSR count). The lowest BCUT2D eigenvalue weighted by Crippen LogP contribution is -2.24. The van der Waals surface area contributed by atoms with Gasteiger partial charge in [0.2, 0.25) is 0 Å². The van der Waals surface area contributed by atoms with Gasteiger partial charge in [-0.15, -0.1) is 0 Å². The van der Waals surface area contributed by atoms with E-state index in [9.17, 15) is 0 Å². The molecular formula is C20H27NO2. The summed E-state index contributed by atoms with van der Waals surface area (Å²) in [5.74, 6) is 1.61. The molecule has 0 amide bonds. The molecule has 0 aliphatic rings. The van der Waals surface area contributed by atoms with E-state index in [1.54, 1.807) is 7.11 Å². The molecule has 0 heterocycles. The molecule has 0 saturated heterocycles. The second kappa shape index (κ2) is 8.59. The number of hydrogen-bond acceptors (Lipinski definition) is 3. The van der Waals surface area contributed by atoms with Gasteiger partial charge in [-0.2, -0.15) is 0 Å². The fourth-order valence-electron chi connectivity index (χ4n) is 2.38. The van der Waals surface area contributed by atoms with Gasteiger partial charge in [0.05, 0.1) is 7.11 Å². The van der Waals surface area contributed by atoms with Gasteiger partial charge in [-0.1, -0.05) is 43.3 Å². The molecule has 0 spiro atoms. The van der Waals surface area contributed by atoms with Crippen LogP contribution in [0.25, 0.3) is 0 Å². The zero-order chi connectivity index (χ0) is 16.7. The molecule has 0 unspecified atom stereocenters. The van der Waals surface area contributed by atoms with Crippen molar-refractivity contribution < 1.29 is 9.47 Å². The van der Waals surface area contributed by atoms with Gasteiger partial charge in [-0.05, 0) is 37.5 Å². The quantitative estimate of drug-likeness (QED) is 0.780. The lowest BCUT2D eigenvalue weighted by molar-refractivity contribution is 0.279. The van der Waals surface area contributed by atoms with Crippen molar-refractivity contribution in [2.75, 3.05) is 7.11 Å². The van der Waals surface area contributed by atoms with E-state index in [1.807, 2.05) is 24.3 Å². The number of hydrogen-bond donors (Lipinski definition) is 1. The first-order valence-electron chi connectivity index (χ1n) is 8.22. The molecule has 2 aromatic rings. The number of aryl methyl sites for hydroxylation is 1. The summed E-state index contributed by atoms with van der Waals surface area (Å²) in [5.41, 5.74) is 3.55.